The SMILES string of the molecule is CN(C(=O)NCc1cccc(F)c1Cl)[C@@H](CCC(=O)O)COC(=O)Nc1cc(-c2cccc(F)c2)no1. The van der Waals surface area contributed by atoms with Gasteiger partial charge in [0.1, 0.15) is 23.9 Å². The largest absolute Gasteiger partial charge is 0.481 e. The molecule has 0 unspecified atom stereocenters. The normalized spacial score (nSPS) is 11.5. The first kappa shape index (κ1) is 27.4. The van der Waals surface area contributed by atoms with Crippen molar-refractivity contribution < 1.29 is 37.5 Å². The molecule has 196 valence electrons. The molecule has 0 saturated carbocycles. The molecule has 0 spiro atoms. The molecule has 0 aliphatic rings. The van der Waals surface area contributed by atoms with Crippen LogP contribution in [0.1, 0.15) is 18.4 Å². The summed E-state index contributed by atoms with van der Waals surface area (Å²) in [6, 6.07) is 9.76. The van der Waals surface area contributed by atoms with Crippen molar-refractivity contribution in [3.8, 4) is 11.3 Å². The highest BCUT2D eigenvalue weighted by atomic mass is 35.5. The lowest BCUT2D eigenvalue weighted by Gasteiger charge is -2.27. The van der Waals surface area contributed by atoms with Gasteiger partial charge in [0, 0.05) is 31.6 Å². The third-order valence-corrected chi connectivity index (χ3v) is 5.71. The fourth-order valence-electron chi connectivity index (χ4n) is 3.25. The maximum absolute atomic E-state index is 13.6. The van der Waals surface area contributed by atoms with E-state index in [0.717, 1.165) is 0 Å². The Morgan fingerprint density at radius 3 is 2.68 bits per heavy atom. The summed E-state index contributed by atoms with van der Waals surface area (Å²) in [5.41, 5.74) is 1.07. The number of nitrogens with zero attached hydrogens (tertiary/aromatic N) is 2. The van der Waals surface area contributed by atoms with Gasteiger partial charge in [0.25, 0.3) is 0 Å². The minimum absolute atomic E-state index is 0.0146. The summed E-state index contributed by atoms with van der Waals surface area (Å²) < 4.78 is 37.2. The Morgan fingerprint density at radius 2 is 1.95 bits per heavy atom. The van der Waals surface area contributed by atoms with Gasteiger partial charge in [0.05, 0.1) is 11.1 Å². The molecule has 3 rings (SSSR count). The van der Waals surface area contributed by atoms with E-state index in [1.54, 1.807) is 12.1 Å². The molecule has 0 saturated heterocycles. The van der Waals surface area contributed by atoms with Crippen molar-refractivity contribution in [2.24, 2.45) is 0 Å². The number of aliphatic carboxylic acids is 1. The van der Waals surface area contributed by atoms with Gasteiger partial charge in [0.15, 0.2) is 0 Å². The summed E-state index contributed by atoms with van der Waals surface area (Å²) in [5, 5.41) is 17.6. The van der Waals surface area contributed by atoms with E-state index in [1.807, 2.05) is 0 Å². The minimum Gasteiger partial charge on any atom is -0.481 e. The van der Waals surface area contributed by atoms with E-state index in [1.165, 1.54) is 48.3 Å². The van der Waals surface area contributed by atoms with Crippen LogP contribution in [0.15, 0.2) is 53.1 Å². The zero-order valence-electron chi connectivity index (χ0n) is 19.5. The first-order valence-corrected chi connectivity index (χ1v) is 11.3. The Balaban J connectivity index is 1.57. The van der Waals surface area contributed by atoms with Gasteiger partial charge in [0.2, 0.25) is 5.88 Å². The molecule has 3 N–H and O–H groups in total. The minimum atomic E-state index is -1.10. The summed E-state index contributed by atoms with van der Waals surface area (Å²) in [7, 11) is 1.40. The molecule has 0 fully saturated rings. The van der Waals surface area contributed by atoms with E-state index in [4.69, 9.17) is 26.0 Å². The number of benzene rings is 2. The Labute approximate surface area is 215 Å². The molecule has 1 aromatic heterocycles. The number of likely N-dealkylation sites (N-methyl/N-ethyl adjacent to an activating group) is 1. The molecule has 0 radical (unpaired) electrons. The number of anilines is 1. The Kier molecular flexibility index (Phi) is 9.39. The molecule has 3 aromatic rings. The first-order chi connectivity index (χ1) is 17.6. The number of hydrogen-bond donors (Lipinski definition) is 3. The molecular weight excluding hydrogens is 514 g/mol. The van der Waals surface area contributed by atoms with E-state index in [0.29, 0.717) is 11.1 Å². The fourth-order valence-corrected chi connectivity index (χ4v) is 3.44. The molecule has 37 heavy (non-hydrogen) atoms. The van der Waals surface area contributed by atoms with Crippen LogP contribution in [0.2, 0.25) is 5.02 Å². The second-order valence-corrected chi connectivity index (χ2v) is 8.26. The van der Waals surface area contributed by atoms with Gasteiger partial charge in [-0.15, -0.1) is 0 Å². The lowest BCUT2D eigenvalue weighted by molar-refractivity contribution is -0.137. The van der Waals surface area contributed by atoms with Gasteiger partial charge in [-0.2, -0.15) is 0 Å². The lowest BCUT2D eigenvalue weighted by atomic mass is 10.1. The summed E-state index contributed by atoms with van der Waals surface area (Å²) in [6.45, 7) is -0.416. The van der Waals surface area contributed by atoms with Gasteiger partial charge in [-0.05, 0) is 30.2 Å². The fraction of sp³-hybridized carbons (Fsp3) is 0.250. The molecule has 2 aromatic carbocycles. The molecular formula is C24H23ClF2N4O6. The number of carboxylic acid groups (broad SMARTS) is 1. The number of hydrogen-bond acceptors (Lipinski definition) is 6. The summed E-state index contributed by atoms with van der Waals surface area (Å²) in [5.74, 6) is -2.25. The number of ether oxygens (including phenoxy) is 1. The van der Waals surface area contributed by atoms with Crippen molar-refractivity contribution in [2.75, 3.05) is 19.0 Å². The molecule has 13 heteroatoms. The maximum atomic E-state index is 13.6. The average molecular weight is 537 g/mol. The molecule has 10 nitrogen and oxygen atoms in total. The number of urea groups is 1. The van der Waals surface area contributed by atoms with Crippen LogP contribution >= 0.6 is 11.6 Å². The molecule has 1 heterocycles. The smallest absolute Gasteiger partial charge is 0.414 e. The van der Waals surface area contributed by atoms with Gasteiger partial charge >= 0.3 is 18.1 Å². The van der Waals surface area contributed by atoms with Gasteiger partial charge < -0.3 is 24.6 Å². The lowest BCUT2D eigenvalue weighted by Crippen LogP contribution is -2.46. The van der Waals surface area contributed by atoms with Crippen molar-refractivity contribution in [1.82, 2.24) is 15.4 Å². The number of carbonyl (C=O) groups is 3. The molecule has 1 atom stereocenters. The standard InChI is InChI=1S/C24H23ClF2N4O6/c1-31(23(34)28-12-15-5-3-7-18(27)22(15)25)17(8-9-21(32)33)13-36-24(35)29-20-11-19(30-37-20)14-4-2-6-16(26)10-14/h2-7,10-11,17H,8-9,12-13H2,1H3,(H,28,34)(H,29,35)(H,32,33)/t17-/m0/s1. The van der Waals surface area contributed by atoms with Gasteiger partial charge in [-0.25, -0.2) is 18.4 Å². The van der Waals surface area contributed by atoms with Crippen LogP contribution in [0.3, 0.4) is 0 Å². The predicted octanol–water partition coefficient (Wildman–Crippen LogP) is 4.90. The first-order valence-electron chi connectivity index (χ1n) is 11.0. The van der Waals surface area contributed by atoms with Crippen molar-refractivity contribution in [3.63, 3.8) is 0 Å². The average Bonchev–Trinajstić information content (AvgIpc) is 3.32. The number of amides is 3. The van der Waals surface area contributed by atoms with E-state index in [-0.39, 0.29) is 42.6 Å². The second kappa shape index (κ2) is 12.7. The molecule has 0 bridgehead atoms. The number of carboxylic acids is 1. The highest BCUT2D eigenvalue weighted by Gasteiger charge is 2.23. The zero-order chi connectivity index (χ0) is 26.9. The van der Waals surface area contributed by atoms with E-state index in [9.17, 15) is 23.2 Å². The van der Waals surface area contributed by atoms with Crippen LogP contribution in [0.5, 0.6) is 0 Å². The van der Waals surface area contributed by atoms with Gasteiger partial charge in [-0.3, -0.25) is 10.1 Å². The number of rotatable bonds is 10. The highest BCUT2D eigenvalue weighted by molar-refractivity contribution is 6.31. The van der Waals surface area contributed by atoms with Crippen molar-refractivity contribution in [3.05, 3.63) is 70.8 Å². The number of halogens is 3. The van der Waals surface area contributed by atoms with E-state index >= 15 is 0 Å². The highest BCUT2D eigenvalue weighted by Crippen LogP contribution is 2.23. The topological polar surface area (TPSA) is 134 Å². The van der Waals surface area contributed by atoms with Crippen molar-refractivity contribution in [2.45, 2.75) is 25.4 Å². The number of nitrogens with one attached hydrogen (secondary N) is 2. The molecule has 0 aliphatic heterocycles. The van der Waals surface area contributed by atoms with Gasteiger partial charge in [-0.1, -0.05) is 41.0 Å². The Hall–Kier alpha value is -4.19. The van der Waals surface area contributed by atoms with Crippen LogP contribution in [-0.2, 0) is 16.1 Å². The quantitative estimate of drug-likeness (QED) is 0.335. The maximum Gasteiger partial charge on any atom is 0.414 e. The molecule has 0 aliphatic carbocycles. The van der Waals surface area contributed by atoms with Crippen LogP contribution in [-0.4, -0.2) is 53.0 Å². The third-order valence-electron chi connectivity index (χ3n) is 5.28. The summed E-state index contributed by atoms with van der Waals surface area (Å²) in [4.78, 5) is 37.1. The number of carbonyl (C=O) groups excluding carboxylic acids is 2. The third kappa shape index (κ3) is 7.90. The van der Waals surface area contributed by atoms with E-state index in [2.05, 4.69) is 15.8 Å². The summed E-state index contributed by atoms with van der Waals surface area (Å²) in [6.07, 6.45) is -1.25. The molecule has 3 amide bonds. The van der Waals surface area contributed by atoms with Crippen LogP contribution in [0.4, 0.5) is 24.3 Å². The monoisotopic (exact) mass is 536 g/mol. The van der Waals surface area contributed by atoms with Crippen LogP contribution < -0.4 is 10.6 Å². The predicted molar refractivity (Wildman–Crippen MR) is 129 cm³/mol. The second-order valence-electron chi connectivity index (χ2n) is 7.88. The van der Waals surface area contributed by atoms with Crippen LogP contribution in [0, 0.1) is 11.6 Å². The zero-order valence-corrected chi connectivity index (χ0v) is 20.3. The number of aromatic nitrogens is 1. The summed E-state index contributed by atoms with van der Waals surface area (Å²) >= 11 is 5.90. The van der Waals surface area contributed by atoms with Crippen molar-refractivity contribution >= 4 is 35.6 Å². The van der Waals surface area contributed by atoms with E-state index < -0.39 is 35.8 Å². The Bertz CT molecular complexity index is 1270. The van der Waals surface area contributed by atoms with Crippen LogP contribution in [0.25, 0.3) is 11.3 Å². The van der Waals surface area contributed by atoms with Crippen molar-refractivity contribution in [1.29, 1.82) is 0 Å². The Morgan fingerprint density at radius 1 is 1.19 bits per heavy atom.